The molecule has 0 radical (unpaired) electrons. The van der Waals surface area contributed by atoms with E-state index in [-0.39, 0.29) is 28.3 Å². The predicted octanol–water partition coefficient (Wildman–Crippen LogP) is -0.719. The van der Waals surface area contributed by atoms with Crippen molar-refractivity contribution in [1.82, 2.24) is 0 Å². The summed E-state index contributed by atoms with van der Waals surface area (Å²) in [5.74, 6) is 9.76. The van der Waals surface area contributed by atoms with E-state index in [0.29, 0.717) is 0 Å². The van der Waals surface area contributed by atoms with Crippen LogP contribution < -0.4 is 34.7 Å². The van der Waals surface area contributed by atoms with Crippen molar-refractivity contribution in [2.75, 3.05) is 22.9 Å². The molecule has 0 bridgehead atoms. The smallest absolute Gasteiger partial charge is 0.314 e. The van der Waals surface area contributed by atoms with Gasteiger partial charge in [0.15, 0.2) is 0 Å². The van der Waals surface area contributed by atoms with E-state index in [0.717, 1.165) is 6.07 Å². The molecule has 0 heterocycles. The first kappa shape index (κ1) is 21.4. The van der Waals surface area contributed by atoms with Crippen LogP contribution in [0.1, 0.15) is 11.1 Å². The summed E-state index contributed by atoms with van der Waals surface area (Å²) in [6.07, 6.45) is 0. The van der Waals surface area contributed by atoms with E-state index in [4.69, 9.17) is 34.7 Å². The van der Waals surface area contributed by atoms with Crippen molar-refractivity contribution in [1.29, 1.82) is 0 Å². The lowest BCUT2D eigenvalue weighted by Gasteiger charge is -2.18. The summed E-state index contributed by atoms with van der Waals surface area (Å²) in [5.41, 5.74) is 21.6. The predicted molar refractivity (Wildman–Crippen MR) is 106 cm³/mol. The molecule has 0 atom stereocenters. The molecule has 0 fully saturated rings. The molecule has 2 aromatic carbocycles. The zero-order valence-electron chi connectivity index (χ0n) is 14.2. The van der Waals surface area contributed by atoms with Gasteiger partial charge in [-0.3, -0.25) is 0 Å². The highest BCUT2D eigenvalue weighted by Crippen LogP contribution is 2.42. The molecule has 0 spiro atoms. The molecule has 0 amide bonds. The fourth-order valence-electron chi connectivity index (χ4n) is 2.39. The average molecular weight is 430 g/mol. The summed E-state index contributed by atoms with van der Waals surface area (Å²) >= 11 is 0. The van der Waals surface area contributed by atoms with E-state index in [9.17, 15) is 16.8 Å². The quantitative estimate of drug-likeness (QED) is 0.189. The van der Waals surface area contributed by atoms with Gasteiger partial charge in [-0.05, 0) is 11.6 Å². The van der Waals surface area contributed by atoms with Gasteiger partial charge < -0.3 is 22.9 Å². The van der Waals surface area contributed by atoms with Gasteiger partial charge in [0.05, 0.1) is 22.7 Å². The van der Waals surface area contributed by atoms with Crippen molar-refractivity contribution in [3.8, 4) is 0 Å². The summed E-state index contributed by atoms with van der Waals surface area (Å²) in [6.45, 7) is 0. The summed E-state index contributed by atoms with van der Waals surface area (Å²) in [6, 6.07) is 8.06. The lowest BCUT2D eigenvalue weighted by Crippen LogP contribution is -2.21. The molecule has 0 saturated carbocycles. The van der Waals surface area contributed by atoms with Crippen molar-refractivity contribution in [3.05, 3.63) is 47.5 Å². The van der Waals surface area contributed by atoms with Gasteiger partial charge >= 0.3 is 20.2 Å². The minimum Gasteiger partial charge on any atom is -0.397 e. The monoisotopic (exact) mass is 430 g/mol. The molecule has 0 saturated heterocycles. The van der Waals surface area contributed by atoms with Crippen molar-refractivity contribution in [2.45, 2.75) is 0 Å². The molecule has 12 N–H and O–H groups in total. The molecular weight excluding hydrogens is 412 g/mol. The summed E-state index contributed by atoms with van der Waals surface area (Å²) < 4.78 is 58.4. The van der Waals surface area contributed by atoms with Crippen LogP contribution in [0.4, 0.5) is 22.7 Å². The highest BCUT2D eigenvalue weighted by Gasteiger charge is 2.35. The second-order valence-electron chi connectivity index (χ2n) is 5.38. The maximum Gasteiger partial charge on any atom is 0.314 e. The standard InChI is InChI=1S/C14H18N6O6S2/c15-9-6-8(10(16)12(18)11(9)17)14(28(23,24)26-20)13(27(21,22)25-19)7-4-2-1-3-5-7/h1-6H,15-20H2. The van der Waals surface area contributed by atoms with E-state index < -0.39 is 35.6 Å². The first-order valence-electron chi connectivity index (χ1n) is 7.27. The Kier molecular flexibility index (Phi) is 5.83. The Hall–Kier alpha value is -2.88. The Bertz CT molecular complexity index is 1150. The average Bonchev–Trinajstić information content (AvgIpc) is 2.67. The van der Waals surface area contributed by atoms with Crippen LogP contribution in [-0.2, 0) is 28.8 Å². The molecule has 0 aliphatic heterocycles. The van der Waals surface area contributed by atoms with Crippen LogP contribution in [-0.4, -0.2) is 16.8 Å². The van der Waals surface area contributed by atoms with Crippen molar-refractivity contribution in [3.63, 3.8) is 0 Å². The second kappa shape index (κ2) is 7.63. The van der Waals surface area contributed by atoms with Crippen LogP contribution in [0, 0.1) is 0 Å². The van der Waals surface area contributed by atoms with Gasteiger partial charge in [0.1, 0.15) is 9.81 Å². The molecule has 12 nitrogen and oxygen atoms in total. The fraction of sp³-hybridized carbons (Fsp3) is 0. The molecule has 0 aliphatic carbocycles. The lowest BCUT2D eigenvalue weighted by atomic mass is 10.1. The summed E-state index contributed by atoms with van der Waals surface area (Å²) in [7, 11) is -9.74. The number of hydrogen-bond acceptors (Lipinski definition) is 12. The number of nitrogens with two attached hydrogens (primary N) is 6. The normalized spacial score (nSPS) is 13.2. The van der Waals surface area contributed by atoms with Crippen molar-refractivity contribution >= 4 is 52.8 Å². The zero-order valence-corrected chi connectivity index (χ0v) is 15.8. The summed E-state index contributed by atoms with van der Waals surface area (Å²) in [5, 5.41) is 0. The van der Waals surface area contributed by atoms with Gasteiger partial charge in [-0.15, -0.1) is 0 Å². The highest BCUT2D eigenvalue weighted by atomic mass is 32.2. The molecule has 0 aliphatic rings. The van der Waals surface area contributed by atoms with Crippen LogP contribution in [0.25, 0.3) is 9.81 Å². The van der Waals surface area contributed by atoms with Crippen molar-refractivity contribution in [2.24, 2.45) is 11.8 Å². The fourth-order valence-corrected chi connectivity index (χ4v) is 4.74. The second-order valence-corrected chi connectivity index (χ2v) is 8.40. The van der Waals surface area contributed by atoms with E-state index >= 15 is 0 Å². The number of benzene rings is 2. The zero-order chi connectivity index (χ0) is 21.3. The molecule has 14 heteroatoms. The third-order valence-corrected chi connectivity index (χ3v) is 6.22. The maximum atomic E-state index is 12.6. The van der Waals surface area contributed by atoms with Gasteiger partial charge in [0, 0.05) is 5.56 Å². The van der Waals surface area contributed by atoms with Gasteiger partial charge in [-0.25, -0.2) is 0 Å². The Morgan fingerprint density at radius 2 is 1.21 bits per heavy atom. The Balaban J connectivity index is 3.18. The number of anilines is 4. The van der Waals surface area contributed by atoms with Crippen LogP contribution in [0.2, 0.25) is 0 Å². The number of rotatable bonds is 6. The number of nitrogen functional groups attached to an aromatic ring is 4. The third kappa shape index (κ3) is 3.72. The van der Waals surface area contributed by atoms with E-state index in [1.165, 1.54) is 24.3 Å². The molecule has 2 rings (SSSR count). The topological polar surface area (TPSA) is 243 Å². The molecule has 0 unspecified atom stereocenters. The maximum absolute atomic E-state index is 12.6. The van der Waals surface area contributed by atoms with Crippen molar-refractivity contribution < 1.29 is 25.4 Å². The molecule has 0 aromatic heterocycles. The lowest BCUT2D eigenvalue weighted by molar-refractivity contribution is 0.338. The van der Waals surface area contributed by atoms with E-state index in [1.807, 2.05) is 0 Å². The minimum absolute atomic E-state index is 0.114. The Labute approximate surface area is 160 Å². The van der Waals surface area contributed by atoms with Gasteiger partial charge in [0.2, 0.25) is 0 Å². The first-order valence-corrected chi connectivity index (χ1v) is 10.1. The minimum atomic E-state index is -4.91. The van der Waals surface area contributed by atoms with E-state index in [2.05, 4.69) is 8.57 Å². The first-order chi connectivity index (χ1) is 13.0. The molecule has 2 aromatic rings. The van der Waals surface area contributed by atoms with Crippen LogP contribution >= 0.6 is 0 Å². The highest BCUT2D eigenvalue weighted by molar-refractivity contribution is 8.02. The Morgan fingerprint density at radius 3 is 1.71 bits per heavy atom. The molecule has 152 valence electrons. The number of hydrogen-bond donors (Lipinski definition) is 6. The van der Waals surface area contributed by atoms with Crippen LogP contribution in [0.5, 0.6) is 0 Å². The van der Waals surface area contributed by atoms with Gasteiger partial charge in [-0.2, -0.15) is 37.2 Å². The Morgan fingerprint density at radius 1 is 0.714 bits per heavy atom. The van der Waals surface area contributed by atoms with Crippen LogP contribution in [0.3, 0.4) is 0 Å². The summed E-state index contributed by atoms with van der Waals surface area (Å²) in [4.78, 5) is -1.88. The third-order valence-electron chi connectivity index (χ3n) is 3.72. The molecular formula is C14H18N6O6S2. The van der Waals surface area contributed by atoms with E-state index in [1.54, 1.807) is 6.07 Å². The van der Waals surface area contributed by atoms with Gasteiger partial charge in [-0.1, -0.05) is 30.3 Å². The SMILES string of the molecule is NOS(=O)(=O)C(=C(c1cc(N)c(N)c(N)c1N)S(=O)(=O)ON)c1ccccc1. The largest absolute Gasteiger partial charge is 0.397 e. The van der Waals surface area contributed by atoms with Crippen LogP contribution in [0.15, 0.2) is 36.4 Å². The van der Waals surface area contributed by atoms with Gasteiger partial charge in [0.25, 0.3) is 0 Å². The molecule has 28 heavy (non-hydrogen) atoms.